The Bertz CT molecular complexity index is 959. The SMILES string of the molecule is COC(=O)c1ccc(CCc2ccc(CCc3ccc(OC)cc3)cc2)cc1OC. The Kier molecular flexibility index (Phi) is 7.50. The highest BCUT2D eigenvalue weighted by atomic mass is 16.5. The molecule has 0 unspecified atom stereocenters. The van der Waals surface area contributed by atoms with Crippen LogP contribution in [0.3, 0.4) is 0 Å². The van der Waals surface area contributed by atoms with Crippen LogP contribution in [-0.2, 0) is 30.4 Å². The minimum Gasteiger partial charge on any atom is -0.497 e. The lowest BCUT2D eigenvalue weighted by Crippen LogP contribution is -2.05. The third-order valence-electron chi connectivity index (χ3n) is 5.26. The summed E-state index contributed by atoms with van der Waals surface area (Å²) in [4.78, 5) is 11.8. The van der Waals surface area contributed by atoms with E-state index in [4.69, 9.17) is 14.2 Å². The first-order chi connectivity index (χ1) is 14.6. The van der Waals surface area contributed by atoms with Gasteiger partial charge < -0.3 is 14.2 Å². The van der Waals surface area contributed by atoms with Crippen molar-refractivity contribution in [1.29, 1.82) is 0 Å². The first-order valence-electron chi connectivity index (χ1n) is 10.1. The zero-order valence-corrected chi connectivity index (χ0v) is 17.8. The topological polar surface area (TPSA) is 44.8 Å². The Morgan fingerprint density at radius 3 is 1.57 bits per heavy atom. The molecule has 0 fully saturated rings. The summed E-state index contributed by atoms with van der Waals surface area (Å²) in [5.41, 5.74) is 5.51. The molecule has 156 valence electrons. The average Bonchev–Trinajstić information content (AvgIpc) is 2.81. The molecule has 3 aromatic carbocycles. The fourth-order valence-electron chi connectivity index (χ4n) is 3.41. The maximum Gasteiger partial charge on any atom is 0.341 e. The van der Waals surface area contributed by atoms with Gasteiger partial charge in [-0.3, -0.25) is 0 Å². The lowest BCUT2D eigenvalue weighted by Gasteiger charge is -2.10. The molecule has 0 saturated heterocycles. The average molecular weight is 405 g/mol. The van der Waals surface area contributed by atoms with Gasteiger partial charge >= 0.3 is 5.97 Å². The molecule has 0 heterocycles. The number of aryl methyl sites for hydroxylation is 4. The molecule has 0 aromatic heterocycles. The Morgan fingerprint density at radius 1 is 0.633 bits per heavy atom. The maximum atomic E-state index is 11.8. The normalized spacial score (nSPS) is 10.5. The Hall–Kier alpha value is -3.27. The monoisotopic (exact) mass is 404 g/mol. The van der Waals surface area contributed by atoms with Crippen molar-refractivity contribution in [3.05, 3.63) is 94.5 Å². The Balaban J connectivity index is 1.54. The molecule has 0 aliphatic carbocycles. The first-order valence-corrected chi connectivity index (χ1v) is 10.1. The van der Waals surface area contributed by atoms with Crippen LogP contribution >= 0.6 is 0 Å². The number of carbonyl (C=O) groups excluding carboxylic acids is 1. The lowest BCUT2D eigenvalue weighted by atomic mass is 9.99. The molecule has 0 saturated carbocycles. The van der Waals surface area contributed by atoms with Crippen molar-refractivity contribution >= 4 is 5.97 Å². The summed E-state index contributed by atoms with van der Waals surface area (Å²) >= 11 is 0. The fourth-order valence-corrected chi connectivity index (χ4v) is 3.41. The number of hydrogen-bond donors (Lipinski definition) is 0. The molecule has 0 aliphatic rings. The van der Waals surface area contributed by atoms with Crippen molar-refractivity contribution < 1.29 is 19.0 Å². The zero-order chi connectivity index (χ0) is 21.3. The van der Waals surface area contributed by atoms with Gasteiger partial charge in [0.05, 0.1) is 21.3 Å². The molecule has 0 N–H and O–H groups in total. The third-order valence-corrected chi connectivity index (χ3v) is 5.26. The first kappa shape index (κ1) is 21.4. The third kappa shape index (κ3) is 5.63. The van der Waals surface area contributed by atoms with Crippen LogP contribution in [0.5, 0.6) is 11.5 Å². The molecule has 3 aromatic rings. The second-order valence-corrected chi connectivity index (χ2v) is 7.19. The quantitative estimate of drug-likeness (QED) is 0.468. The van der Waals surface area contributed by atoms with Gasteiger partial charge in [0.25, 0.3) is 0 Å². The van der Waals surface area contributed by atoms with E-state index < -0.39 is 0 Å². The molecule has 4 heteroatoms. The second kappa shape index (κ2) is 10.5. The van der Waals surface area contributed by atoms with E-state index >= 15 is 0 Å². The second-order valence-electron chi connectivity index (χ2n) is 7.19. The predicted molar refractivity (Wildman–Crippen MR) is 119 cm³/mol. The van der Waals surface area contributed by atoms with Crippen LogP contribution in [0, 0.1) is 0 Å². The highest BCUT2D eigenvalue weighted by molar-refractivity contribution is 5.92. The van der Waals surface area contributed by atoms with Gasteiger partial charge in [-0.2, -0.15) is 0 Å². The summed E-state index contributed by atoms with van der Waals surface area (Å²) in [5, 5.41) is 0. The van der Waals surface area contributed by atoms with Crippen molar-refractivity contribution in [2.75, 3.05) is 21.3 Å². The molecule has 30 heavy (non-hydrogen) atoms. The van der Waals surface area contributed by atoms with Crippen molar-refractivity contribution in [2.45, 2.75) is 25.7 Å². The summed E-state index contributed by atoms with van der Waals surface area (Å²) in [6.45, 7) is 0. The Morgan fingerprint density at radius 2 is 1.10 bits per heavy atom. The van der Waals surface area contributed by atoms with Crippen LogP contribution in [0.2, 0.25) is 0 Å². The van der Waals surface area contributed by atoms with Crippen LogP contribution in [0.25, 0.3) is 0 Å². The highest BCUT2D eigenvalue weighted by Crippen LogP contribution is 2.22. The van der Waals surface area contributed by atoms with Crippen LogP contribution < -0.4 is 9.47 Å². The maximum absolute atomic E-state index is 11.8. The number of esters is 1. The molecule has 4 nitrogen and oxygen atoms in total. The highest BCUT2D eigenvalue weighted by Gasteiger charge is 2.13. The Labute approximate surface area is 178 Å². The van der Waals surface area contributed by atoms with E-state index in [1.165, 1.54) is 23.8 Å². The van der Waals surface area contributed by atoms with E-state index in [9.17, 15) is 4.79 Å². The smallest absolute Gasteiger partial charge is 0.341 e. The molecular weight excluding hydrogens is 376 g/mol. The largest absolute Gasteiger partial charge is 0.497 e. The van der Waals surface area contributed by atoms with Crippen molar-refractivity contribution in [3.8, 4) is 11.5 Å². The van der Waals surface area contributed by atoms with E-state index in [1.807, 2.05) is 24.3 Å². The van der Waals surface area contributed by atoms with E-state index in [1.54, 1.807) is 20.3 Å². The molecule has 0 amide bonds. The molecule has 3 rings (SSSR count). The fraction of sp³-hybridized carbons (Fsp3) is 0.269. The standard InChI is InChI=1S/C26H28O4/c1-28-23-15-12-21(13-16-23)9-8-19-4-6-20(7-5-19)10-11-22-14-17-24(26(27)30-3)25(18-22)29-2/h4-7,12-18H,8-11H2,1-3H3. The number of benzene rings is 3. The lowest BCUT2D eigenvalue weighted by molar-refractivity contribution is 0.0597. The van der Waals surface area contributed by atoms with Gasteiger partial charge in [-0.1, -0.05) is 42.5 Å². The summed E-state index contributed by atoms with van der Waals surface area (Å²) in [5.74, 6) is 1.05. The van der Waals surface area contributed by atoms with Crippen molar-refractivity contribution in [2.24, 2.45) is 0 Å². The summed E-state index contributed by atoms with van der Waals surface area (Å²) in [6, 6.07) is 22.7. The van der Waals surface area contributed by atoms with Gasteiger partial charge in [0.15, 0.2) is 0 Å². The molecule has 0 atom stereocenters. The minimum atomic E-state index is -0.386. The number of carbonyl (C=O) groups is 1. The number of methoxy groups -OCH3 is 3. The van der Waals surface area contributed by atoms with E-state index in [0.29, 0.717) is 11.3 Å². The van der Waals surface area contributed by atoms with Gasteiger partial charge in [0.2, 0.25) is 0 Å². The van der Waals surface area contributed by atoms with Gasteiger partial charge in [0, 0.05) is 0 Å². The number of rotatable bonds is 9. The van der Waals surface area contributed by atoms with Crippen LogP contribution in [-0.4, -0.2) is 27.3 Å². The zero-order valence-electron chi connectivity index (χ0n) is 17.8. The summed E-state index contributed by atoms with van der Waals surface area (Å²) in [7, 11) is 4.62. The number of ether oxygens (including phenoxy) is 3. The van der Waals surface area contributed by atoms with Crippen molar-refractivity contribution in [1.82, 2.24) is 0 Å². The molecular formula is C26H28O4. The van der Waals surface area contributed by atoms with Crippen molar-refractivity contribution in [3.63, 3.8) is 0 Å². The van der Waals surface area contributed by atoms with Crippen LogP contribution in [0.4, 0.5) is 0 Å². The van der Waals surface area contributed by atoms with Crippen LogP contribution in [0.1, 0.15) is 32.6 Å². The summed E-state index contributed by atoms with van der Waals surface area (Å²) in [6.07, 6.45) is 3.83. The van der Waals surface area contributed by atoms with E-state index in [2.05, 4.69) is 36.4 Å². The van der Waals surface area contributed by atoms with Gasteiger partial charge in [0.1, 0.15) is 17.1 Å². The molecule has 0 bridgehead atoms. The van der Waals surface area contributed by atoms with Gasteiger partial charge in [-0.05, 0) is 72.2 Å². The minimum absolute atomic E-state index is 0.386. The van der Waals surface area contributed by atoms with E-state index in [0.717, 1.165) is 37.0 Å². The molecule has 0 spiro atoms. The van der Waals surface area contributed by atoms with E-state index in [-0.39, 0.29) is 5.97 Å². The van der Waals surface area contributed by atoms with Gasteiger partial charge in [-0.15, -0.1) is 0 Å². The summed E-state index contributed by atoms with van der Waals surface area (Å²) < 4.78 is 15.3. The van der Waals surface area contributed by atoms with Gasteiger partial charge in [-0.25, -0.2) is 4.79 Å². The number of hydrogen-bond acceptors (Lipinski definition) is 4. The molecule has 0 radical (unpaired) electrons. The molecule has 0 aliphatic heterocycles. The van der Waals surface area contributed by atoms with Crippen LogP contribution in [0.15, 0.2) is 66.7 Å². The predicted octanol–water partition coefficient (Wildman–Crippen LogP) is 5.06.